The van der Waals surface area contributed by atoms with E-state index >= 15 is 0 Å². The maximum absolute atomic E-state index is 5.81. The van der Waals surface area contributed by atoms with Crippen molar-refractivity contribution in [3.8, 4) is 17.1 Å². The molecule has 0 unspecified atom stereocenters. The third-order valence-electron chi connectivity index (χ3n) is 3.68. The predicted molar refractivity (Wildman–Crippen MR) is 101 cm³/mol. The van der Waals surface area contributed by atoms with Crippen LogP contribution in [0.15, 0.2) is 53.9 Å². The molecule has 0 spiro atoms. The van der Waals surface area contributed by atoms with Crippen molar-refractivity contribution in [3.63, 3.8) is 0 Å². The Labute approximate surface area is 152 Å². The Balaban J connectivity index is 1.63. The van der Waals surface area contributed by atoms with E-state index in [1.54, 1.807) is 24.2 Å². The smallest absolute Gasteiger partial charge is 0.191 e. The van der Waals surface area contributed by atoms with Crippen LogP contribution in [0.2, 0.25) is 0 Å². The molecule has 3 rings (SSSR count). The summed E-state index contributed by atoms with van der Waals surface area (Å²) in [5, 5.41) is 9.68. The van der Waals surface area contributed by atoms with Gasteiger partial charge in [0.1, 0.15) is 5.75 Å². The van der Waals surface area contributed by atoms with Crippen LogP contribution in [0.5, 0.6) is 5.75 Å². The summed E-state index contributed by atoms with van der Waals surface area (Å²) in [6.07, 6.45) is 4.59. The van der Waals surface area contributed by atoms with Crippen molar-refractivity contribution < 1.29 is 4.74 Å². The Morgan fingerprint density at radius 1 is 1.12 bits per heavy atom. The van der Waals surface area contributed by atoms with Crippen LogP contribution in [0.4, 0.5) is 0 Å². The first-order valence-electron chi connectivity index (χ1n) is 8.44. The van der Waals surface area contributed by atoms with Crippen LogP contribution in [0.1, 0.15) is 18.9 Å². The zero-order valence-corrected chi connectivity index (χ0v) is 15.4. The molecule has 0 aliphatic carbocycles. The SMILES string of the molecule is CCCn1c(SCCOc2cccc(C)c2)nnc1-c1ccncc1. The molecule has 0 amide bonds. The van der Waals surface area contributed by atoms with Crippen molar-refractivity contribution in [2.45, 2.75) is 32.0 Å². The highest BCUT2D eigenvalue weighted by Crippen LogP contribution is 2.24. The van der Waals surface area contributed by atoms with Gasteiger partial charge < -0.3 is 9.30 Å². The monoisotopic (exact) mass is 354 g/mol. The van der Waals surface area contributed by atoms with Crippen LogP contribution in [-0.4, -0.2) is 32.1 Å². The number of ether oxygens (including phenoxy) is 1. The minimum atomic E-state index is 0.637. The van der Waals surface area contributed by atoms with E-state index in [4.69, 9.17) is 4.74 Å². The number of aryl methyl sites for hydroxylation is 1. The summed E-state index contributed by atoms with van der Waals surface area (Å²) >= 11 is 1.67. The van der Waals surface area contributed by atoms with Gasteiger partial charge in [-0.05, 0) is 43.2 Å². The molecule has 0 saturated carbocycles. The van der Waals surface area contributed by atoms with Gasteiger partial charge in [0.2, 0.25) is 0 Å². The lowest BCUT2D eigenvalue weighted by molar-refractivity contribution is 0.343. The lowest BCUT2D eigenvalue weighted by Crippen LogP contribution is -2.04. The summed E-state index contributed by atoms with van der Waals surface area (Å²) in [6.45, 7) is 5.75. The van der Waals surface area contributed by atoms with E-state index in [1.807, 2.05) is 30.3 Å². The fraction of sp³-hybridized carbons (Fsp3) is 0.316. The molecule has 0 bridgehead atoms. The second-order valence-electron chi connectivity index (χ2n) is 5.71. The average molecular weight is 354 g/mol. The van der Waals surface area contributed by atoms with Gasteiger partial charge in [0.25, 0.3) is 0 Å². The second kappa shape index (κ2) is 8.67. The van der Waals surface area contributed by atoms with Gasteiger partial charge in [0, 0.05) is 30.3 Å². The van der Waals surface area contributed by atoms with E-state index in [0.29, 0.717) is 6.61 Å². The fourth-order valence-corrected chi connectivity index (χ4v) is 3.31. The largest absolute Gasteiger partial charge is 0.493 e. The Bertz CT molecular complexity index is 804. The van der Waals surface area contributed by atoms with Gasteiger partial charge in [-0.15, -0.1) is 10.2 Å². The first-order valence-corrected chi connectivity index (χ1v) is 9.42. The van der Waals surface area contributed by atoms with Gasteiger partial charge in [0.05, 0.1) is 6.61 Å². The zero-order chi connectivity index (χ0) is 17.5. The summed E-state index contributed by atoms with van der Waals surface area (Å²) in [6, 6.07) is 12.0. The van der Waals surface area contributed by atoms with Crippen LogP contribution in [0.25, 0.3) is 11.4 Å². The maximum atomic E-state index is 5.81. The number of rotatable bonds is 8. The molecule has 3 aromatic rings. The molecule has 0 aliphatic rings. The van der Waals surface area contributed by atoms with Gasteiger partial charge in [0.15, 0.2) is 11.0 Å². The topological polar surface area (TPSA) is 52.8 Å². The molecule has 6 heteroatoms. The number of nitrogens with zero attached hydrogens (tertiary/aromatic N) is 4. The van der Waals surface area contributed by atoms with Crippen molar-refractivity contribution in [2.24, 2.45) is 0 Å². The molecule has 2 aromatic heterocycles. The minimum Gasteiger partial charge on any atom is -0.493 e. The summed E-state index contributed by atoms with van der Waals surface area (Å²) in [5.41, 5.74) is 2.24. The van der Waals surface area contributed by atoms with E-state index in [1.165, 1.54) is 5.56 Å². The van der Waals surface area contributed by atoms with E-state index in [9.17, 15) is 0 Å². The normalized spacial score (nSPS) is 10.8. The van der Waals surface area contributed by atoms with Gasteiger partial charge in [-0.25, -0.2) is 0 Å². The molecule has 0 N–H and O–H groups in total. The van der Waals surface area contributed by atoms with Crippen molar-refractivity contribution in [2.75, 3.05) is 12.4 Å². The maximum Gasteiger partial charge on any atom is 0.191 e. The number of thioether (sulfide) groups is 1. The third-order valence-corrected chi connectivity index (χ3v) is 4.61. The van der Waals surface area contributed by atoms with Gasteiger partial charge in [-0.3, -0.25) is 4.98 Å². The van der Waals surface area contributed by atoms with Gasteiger partial charge >= 0.3 is 0 Å². The molecule has 1 aromatic carbocycles. The van der Waals surface area contributed by atoms with E-state index in [2.05, 4.69) is 39.7 Å². The Kier molecular flexibility index (Phi) is 6.06. The Morgan fingerprint density at radius 2 is 1.96 bits per heavy atom. The van der Waals surface area contributed by atoms with E-state index in [-0.39, 0.29) is 0 Å². The number of pyridine rings is 1. The number of hydrogen-bond acceptors (Lipinski definition) is 5. The average Bonchev–Trinajstić information content (AvgIpc) is 3.03. The molecule has 5 nitrogen and oxygen atoms in total. The molecule has 0 aliphatic heterocycles. The minimum absolute atomic E-state index is 0.637. The summed E-state index contributed by atoms with van der Waals surface area (Å²) in [7, 11) is 0. The van der Waals surface area contributed by atoms with Crippen LogP contribution in [0, 0.1) is 6.92 Å². The standard InChI is InChI=1S/C19H22N4OS/c1-3-11-23-18(16-7-9-20-10-8-16)21-22-19(23)25-13-12-24-17-6-4-5-15(2)14-17/h4-10,14H,3,11-13H2,1-2H3. The highest BCUT2D eigenvalue weighted by molar-refractivity contribution is 7.99. The van der Waals surface area contributed by atoms with Gasteiger partial charge in [-0.1, -0.05) is 30.8 Å². The summed E-state index contributed by atoms with van der Waals surface area (Å²) in [4.78, 5) is 4.07. The molecule has 0 saturated heterocycles. The lowest BCUT2D eigenvalue weighted by Gasteiger charge is -2.09. The molecular weight excluding hydrogens is 332 g/mol. The molecular formula is C19H22N4OS. The van der Waals surface area contributed by atoms with E-state index in [0.717, 1.165) is 41.0 Å². The summed E-state index contributed by atoms with van der Waals surface area (Å²) < 4.78 is 7.99. The van der Waals surface area contributed by atoms with Crippen LogP contribution in [-0.2, 0) is 6.54 Å². The molecule has 0 fully saturated rings. The summed E-state index contributed by atoms with van der Waals surface area (Å²) in [5.74, 6) is 2.63. The number of benzene rings is 1. The quantitative estimate of drug-likeness (QED) is 0.447. The van der Waals surface area contributed by atoms with Crippen LogP contribution >= 0.6 is 11.8 Å². The molecule has 2 heterocycles. The van der Waals surface area contributed by atoms with Crippen molar-refractivity contribution in [1.82, 2.24) is 19.7 Å². The number of hydrogen-bond donors (Lipinski definition) is 0. The third kappa shape index (κ3) is 4.60. The van der Waals surface area contributed by atoms with Gasteiger partial charge in [-0.2, -0.15) is 0 Å². The van der Waals surface area contributed by atoms with E-state index < -0.39 is 0 Å². The van der Waals surface area contributed by atoms with Crippen molar-refractivity contribution in [3.05, 3.63) is 54.4 Å². The van der Waals surface area contributed by atoms with Crippen LogP contribution in [0.3, 0.4) is 0 Å². The molecule has 0 radical (unpaired) electrons. The highest BCUT2D eigenvalue weighted by atomic mass is 32.2. The highest BCUT2D eigenvalue weighted by Gasteiger charge is 2.13. The Hall–Kier alpha value is -2.34. The van der Waals surface area contributed by atoms with Crippen molar-refractivity contribution in [1.29, 1.82) is 0 Å². The van der Waals surface area contributed by atoms with Crippen LogP contribution < -0.4 is 4.74 Å². The number of aromatic nitrogens is 4. The first kappa shape index (κ1) is 17.5. The predicted octanol–water partition coefficient (Wildman–Crippen LogP) is 4.23. The lowest BCUT2D eigenvalue weighted by atomic mass is 10.2. The molecule has 0 atom stereocenters. The Morgan fingerprint density at radius 3 is 2.72 bits per heavy atom. The fourth-order valence-electron chi connectivity index (χ4n) is 2.53. The first-order chi connectivity index (χ1) is 12.3. The second-order valence-corrected chi connectivity index (χ2v) is 6.77. The zero-order valence-electron chi connectivity index (χ0n) is 14.6. The molecule has 130 valence electrons. The van der Waals surface area contributed by atoms with Crippen molar-refractivity contribution >= 4 is 11.8 Å². The molecule has 25 heavy (non-hydrogen) atoms.